The summed E-state index contributed by atoms with van der Waals surface area (Å²) in [4.78, 5) is 19.9. The summed E-state index contributed by atoms with van der Waals surface area (Å²) >= 11 is 0. The van der Waals surface area contributed by atoms with Gasteiger partial charge in [-0.25, -0.2) is 0 Å². The van der Waals surface area contributed by atoms with E-state index in [1.807, 2.05) is 0 Å². The second-order valence-corrected chi connectivity index (χ2v) is 9.20. The van der Waals surface area contributed by atoms with Crippen molar-refractivity contribution in [3.05, 3.63) is 35.9 Å². The zero-order valence-electron chi connectivity index (χ0n) is 16.4. The zero-order valence-corrected chi connectivity index (χ0v) is 16.4. The SMILES string of the molecule is O=C1CCCN1C1C2CCC1CC(N1CCN(Cc3ccccc3)CC1)C2. The van der Waals surface area contributed by atoms with Gasteiger partial charge in [0.1, 0.15) is 0 Å². The van der Waals surface area contributed by atoms with E-state index in [4.69, 9.17) is 0 Å². The van der Waals surface area contributed by atoms with Crippen molar-refractivity contribution in [1.82, 2.24) is 14.7 Å². The second-order valence-electron chi connectivity index (χ2n) is 9.20. The number of carbonyl (C=O) groups excluding carboxylic acids is 1. The van der Waals surface area contributed by atoms with E-state index in [1.54, 1.807) is 0 Å². The highest BCUT2D eigenvalue weighted by molar-refractivity contribution is 5.78. The molecule has 2 heterocycles. The van der Waals surface area contributed by atoms with Crippen LogP contribution in [-0.2, 0) is 11.3 Å². The molecule has 0 radical (unpaired) electrons. The minimum atomic E-state index is 0.435. The molecule has 2 aliphatic heterocycles. The molecular formula is C23H33N3O. The van der Waals surface area contributed by atoms with Gasteiger partial charge in [-0.15, -0.1) is 0 Å². The predicted molar refractivity (Wildman–Crippen MR) is 107 cm³/mol. The minimum absolute atomic E-state index is 0.435. The summed E-state index contributed by atoms with van der Waals surface area (Å²) in [5.41, 5.74) is 1.43. The van der Waals surface area contributed by atoms with Crippen LogP contribution in [-0.4, -0.2) is 65.4 Å². The van der Waals surface area contributed by atoms with Crippen molar-refractivity contribution in [2.24, 2.45) is 11.8 Å². The monoisotopic (exact) mass is 367 g/mol. The van der Waals surface area contributed by atoms with Crippen LogP contribution in [0.1, 0.15) is 44.1 Å². The van der Waals surface area contributed by atoms with Gasteiger partial charge in [0, 0.05) is 57.8 Å². The average Bonchev–Trinajstić information content (AvgIpc) is 3.22. The molecule has 2 unspecified atom stereocenters. The topological polar surface area (TPSA) is 26.8 Å². The summed E-state index contributed by atoms with van der Waals surface area (Å²) in [5, 5.41) is 0. The van der Waals surface area contributed by atoms with E-state index in [2.05, 4.69) is 45.0 Å². The van der Waals surface area contributed by atoms with E-state index in [1.165, 1.54) is 57.4 Å². The van der Waals surface area contributed by atoms with Crippen molar-refractivity contribution in [2.75, 3.05) is 32.7 Å². The highest BCUT2D eigenvalue weighted by Crippen LogP contribution is 2.47. The Balaban J connectivity index is 1.16. The third kappa shape index (κ3) is 3.54. The van der Waals surface area contributed by atoms with Crippen LogP contribution < -0.4 is 0 Å². The van der Waals surface area contributed by atoms with Crippen molar-refractivity contribution in [3.63, 3.8) is 0 Å². The number of hydrogen-bond donors (Lipinski definition) is 0. The number of amides is 1. The lowest BCUT2D eigenvalue weighted by atomic mass is 9.79. The van der Waals surface area contributed by atoms with Gasteiger partial charge in [0.25, 0.3) is 0 Å². The Hall–Kier alpha value is -1.39. The molecule has 4 heteroatoms. The van der Waals surface area contributed by atoms with Crippen molar-refractivity contribution in [2.45, 2.75) is 57.2 Å². The van der Waals surface area contributed by atoms with Crippen LogP contribution in [0.3, 0.4) is 0 Å². The Morgan fingerprint density at radius 2 is 1.59 bits per heavy atom. The Morgan fingerprint density at radius 3 is 2.22 bits per heavy atom. The number of benzene rings is 1. The molecule has 4 nitrogen and oxygen atoms in total. The van der Waals surface area contributed by atoms with Gasteiger partial charge in [-0.1, -0.05) is 30.3 Å². The highest BCUT2D eigenvalue weighted by Gasteiger charge is 2.48. The second kappa shape index (κ2) is 7.56. The molecule has 2 atom stereocenters. The fraction of sp³-hybridized carbons (Fsp3) is 0.696. The average molecular weight is 368 g/mol. The first-order valence-electron chi connectivity index (χ1n) is 11.1. The number of nitrogens with zero attached hydrogens (tertiary/aromatic N) is 3. The molecule has 1 aromatic carbocycles. The summed E-state index contributed by atoms with van der Waals surface area (Å²) in [7, 11) is 0. The summed E-state index contributed by atoms with van der Waals surface area (Å²) in [6, 6.07) is 12.2. The predicted octanol–water partition coefficient (Wildman–Crippen LogP) is 2.98. The van der Waals surface area contributed by atoms with Gasteiger partial charge in [-0.2, -0.15) is 0 Å². The smallest absolute Gasteiger partial charge is 0.222 e. The number of carbonyl (C=O) groups is 1. The first-order chi connectivity index (χ1) is 13.3. The van der Waals surface area contributed by atoms with Gasteiger partial charge >= 0.3 is 0 Å². The van der Waals surface area contributed by atoms with E-state index in [0.29, 0.717) is 11.9 Å². The number of piperazine rings is 1. The third-order valence-electron chi connectivity index (χ3n) is 7.67. The normalized spacial score (nSPS) is 35.1. The minimum Gasteiger partial charge on any atom is -0.339 e. The number of rotatable bonds is 4. The molecule has 2 bridgehead atoms. The highest BCUT2D eigenvalue weighted by atomic mass is 16.2. The zero-order chi connectivity index (χ0) is 18.2. The van der Waals surface area contributed by atoms with Crippen LogP contribution in [0.4, 0.5) is 0 Å². The molecule has 146 valence electrons. The first-order valence-corrected chi connectivity index (χ1v) is 11.1. The van der Waals surface area contributed by atoms with Crippen LogP contribution in [0.25, 0.3) is 0 Å². The number of likely N-dealkylation sites (tertiary alicyclic amines) is 1. The molecule has 0 N–H and O–H groups in total. The molecular weight excluding hydrogens is 334 g/mol. The van der Waals surface area contributed by atoms with Gasteiger partial charge in [-0.3, -0.25) is 14.6 Å². The molecule has 2 saturated carbocycles. The molecule has 5 rings (SSSR count). The van der Waals surface area contributed by atoms with E-state index in [0.717, 1.165) is 43.8 Å². The van der Waals surface area contributed by atoms with Gasteiger partial charge < -0.3 is 4.90 Å². The lowest BCUT2D eigenvalue weighted by Crippen LogP contribution is -2.55. The summed E-state index contributed by atoms with van der Waals surface area (Å²) < 4.78 is 0. The molecule has 1 amide bonds. The van der Waals surface area contributed by atoms with Gasteiger partial charge in [-0.05, 0) is 49.5 Å². The summed E-state index contributed by atoms with van der Waals surface area (Å²) in [5.74, 6) is 1.96. The maximum Gasteiger partial charge on any atom is 0.222 e. The Kier molecular flexibility index (Phi) is 4.95. The van der Waals surface area contributed by atoms with Crippen LogP contribution in [0, 0.1) is 11.8 Å². The standard InChI is InChI=1S/C23H33N3O/c27-22-7-4-10-26(22)23-19-8-9-20(23)16-21(15-19)25-13-11-24(12-14-25)17-18-5-2-1-3-6-18/h1-3,5-6,19-21,23H,4,7-17H2. The Morgan fingerprint density at radius 1 is 0.889 bits per heavy atom. The van der Waals surface area contributed by atoms with Gasteiger partial charge in [0.2, 0.25) is 5.91 Å². The maximum absolute atomic E-state index is 12.3. The van der Waals surface area contributed by atoms with E-state index < -0.39 is 0 Å². The van der Waals surface area contributed by atoms with E-state index in [-0.39, 0.29) is 0 Å². The molecule has 27 heavy (non-hydrogen) atoms. The molecule has 4 aliphatic rings. The van der Waals surface area contributed by atoms with Crippen LogP contribution in [0.5, 0.6) is 0 Å². The molecule has 0 spiro atoms. The fourth-order valence-corrected chi connectivity index (χ4v) is 6.38. The van der Waals surface area contributed by atoms with Crippen molar-refractivity contribution in [3.8, 4) is 0 Å². The van der Waals surface area contributed by atoms with E-state index in [9.17, 15) is 4.79 Å². The summed E-state index contributed by atoms with van der Waals surface area (Å²) in [6.07, 6.45) is 7.23. The van der Waals surface area contributed by atoms with Gasteiger partial charge in [0.05, 0.1) is 0 Å². The lowest BCUT2D eigenvalue weighted by molar-refractivity contribution is -0.132. The number of fused-ring (bicyclic) bond motifs is 2. The molecule has 2 aliphatic carbocycles. The largest absolute Gasteiger partial charge is 0.339 e. The molecule has 2 saturated heterocycles. The molecule has 1 aromatic rings. The van der Waals surface area contributed by atoms with Crippen molar-refractivity contribution in [1.29, 1.82) is 0 Å². The Labute approximate surface area is 163 Å². The Bertz CT molecular complexity index is 641. The van der Waals surface area contributed by atoms with Crippen LogP contribution >= 0.6 is 0 Å². The maximum atomic E-state index is 12.3. The van der Waals surface area contributed by atoms with Crippen molar-refractivity contribution < 1.29 is 4.79 Å². The molecule has 4 fully saturated rings. The number of hydrogen-bond acceptors (Lipinski definition) is 3. The van der Waals surface area contributed by atoms with E-state index >= 15 is 0 Å². The summed E-state index contributed by atoms with van der Waals surface area (Å²) in [6.45, 7) is 6.92. The van der Waals surface area contributed by atoms with Crippen LogP contribution in [0.2, 0.25) is 0 Å². The third-order valence-corrected chi connectivity index (χ3v) is 7.67. The van der Waals surface area contributed by atoms with Crippen molar-refractivity contribution >= 4 is 5.91 Å². The first kappa shape index (κ1) is 17.7. The van der Waals surface area contributed by atoms with Crippen LogP contribution in [0.15, 0.2) is 30.3 Å². The fourth-order valence-electron chi connectivity index (χ4n) is 6.38. The lowest BCUT2D eigenvalue weighted by Gasteiger charge is -2.46. The quantitative estimate of drug-likeness (QED) is 0.819. The van der Waals surface area contributed by atoms with Gasteiger partial charge in [0.15, 0.2) is 0 Å². The molecule has 0 aromatic heterocycles.